The molecule has 158 valence electrons. The smallest absolute Gasteiger partial charge is 0.222 e. The lowest BCUT2D eigenvalue weighted by Crippen LogP contribution is -2.42. The summed E-state index contributed by atoms with van der Waals surface area (Å²) in [4.78, 5) is 28.7. The fourth-order valence-corrected chi connectivity index (χ4v) is 5.74. The van der Waals surface area contributed by atoms with E-state index in [1.54, 1.807) is 0 Å². The number of ether oxygens (including phenoxy) is 1. The number of fused-ring (bicyclic) bond motifs is 1. The van der Waals surface area contributed by atoms with Crippen molar-refractivity contribution in [1.82, 2.24) is 15.1 Å². The van der Waals surface area contributed by atoms with Crippen molar-refractivity contribution in [1.29, 1.82) is 0 Å². The molecule has 2 bridgehead atoms. The number of nitrogens with zero attached hydrogens (tertiary/aromatic N) is 2. The van der Waals surface area contributed by atoms with Crippen LogP contribution >= 0.6 is 0 Å². The predicted molar refractivity (Wildman–Crippen MR) is 108 cm³/mol. The molecule has 28 heavy (non-hydrogen) atoms. The molecule has 4 aliphatic rings. The summed E-state index contributed by atoms with van der Waals surface area (Å²) in [7, 11) is 0. The summed E-state index contributed by atoms with van der Waals surface area (Å²) in [6.45, 7) is 12.0. The van der Waals surface area contributed by atoms with Crippen LogP contribution in [-0.2, 0) is 14.3 Å². The molecule has 0 saturated carbocycles. The van der Waals surface area contributed by atoms with E-state index in [1.807, 2.05) is 4.90 Å². The number of carbonyl (C=O) groups is 2. The van der Waals surface area contributed by atoms with Gasteiger partial charge in [0, 0.05) is 63.9 Å². The topological polar surface area (TPSA) is 61.9 Å². The minimum atomic E-state index is 0.000485. The Labute approximate surface area is 169 Å². The molecule has 0 aromatic carbocycles. The van der Waals surface area contributed by atoms with Crippen molar-refractivity contribution in [2.45, 2.75) is 71.0 Å². The molecule has 4 saturated heterocycles. The number of amides is 2. The van der Waals surface area contributed by atoms with Crippen LogP contribution in [0.15, 0.2) is 0 Å². The third-order valence-corrected chi connectivity index (χ3v) is 7.35. The first kappa shape index (κ1) is 20.1. The fraction of sp³-hybridized carbons (Fsp3) is 0.909. The average molecular weight is 392 g/mol. The van der Waals surface area contributed by atoms with E-state index in [2.05, 4.69) is 31.0 Å². The van der Waals surface area contributed by atoms with E-state index in [0.29, 0.717) is 36.7 Å². The van der Waals surface area contributed by atoms with Crippen LogP contribution in [0.5, 0.6) is 0 Å². The van der Waals surface area contributed by atoms with Gasteiger partial charge < -0.3 is 15.0 Å². The van der Waals surface area contributed by atoms with E-state index in [-0.39, 0.29) is 16.9 Å². The van der Waals surface area contributed by atoms with Crippen LogP contribution in [0.3, 0.4) is 0 Å². The second kappa shape index (κ2) is 7.60. The lowest BCUT2D eigenvalue weighted by molar-refractivity contribution is -0.127. The zero-order chi connectivity index (χ0) is 19.9. The van der Waals surface area contributed by atoms with Crippen molar-refractivity contribution in [2.75, 3.05) is 39.3 Å². The zero-order valence-corrected chi connectivity index (χ0v) is 17.8. The van der Waals surface area contributed by atoms with Gasteiger partial charge in [-0.15, -0.1) is 0 Å². The van der Waals surface area contributed by atoms with Crippen molar-refractivity contribution >= 4 is 11.8 Å². The number of rotatable bonds is 7. The number of likely N-dealkylation sites (tertiary alicyclic amines) is 2. The van der Waals surface area contributed by atoms with E-state index in [9.17, 15) is 9.59 Å². The molecular formula is C22H37N3O3. The van der Waals surface area contributed by atoms with Crippen LogP contribution < -0.4 is 5.32 Å². The van der Waals surface area contributed by atoms with Gasteiger partial charge in [-0.05, 0) is 31.1 Å². The highest BCUT2D eigenvalue weighted by molar-refractivity contribution is 5.78. The van der Waals surface area contributed by atoms with E-state index in [1.165, 1.54) is 0 Å². The maximum absolute atomic E-state index is 12.3. The number of nitrogens with one attached hydrogen (secondary N) is 1. The Balaban J connectivity index is 1.28. The molecule has 6 nitrogen and oxygen atoms in total. The molecule has 4 atom stereocenters. The predicted octanol–water partition coefficient (Wildman–Crippen LogP) is 2.03. The molecule has 4 fully saturated rings. The summed E-state index contributed by atoms with van der Waals surface area (Å²) in [5.74, 6) is 1.44. The van der Waals surface area contributed by atoms with Gasteiger partial charge in [0.15, 0.2) is 0 Å². The highest BCUT2D eigenvalue weighted by Crippen LogP contribution is 2.54. The normalized spacial score (nSPS) is 35.0. The van der Waals surface area contributed by atoms with Crippen LogP contribution in [0.25, 0.3) is 0 Å². The third-order valence-electron chi connectivity index (χ3n) is 7.35. The lowest BCUT2D eigenvalue weighted by Gasteiger charge is -2.29. The molecule has 1 spiro atoms. The molecule has 0 aromatic rings. The summed E-state index contributed by atoms with van der Waals surface area (Å²) < 4.78 is 6.49. The first-order chi connectivity index (χ1) is 13.3. The number of hydrogen-bond donors (Lipinski definition) is 1. The Morgan fingerprint density at radius 3 is 2.86 bits per heavy atom. The first-order valence-electron chi connectivity index (χ1n) is 11.2. The summed E-state index contributed by atoms with van der Waals surface area (Å²) in [6.07, 6.45) is 5.83. The Kier molecular flexibility index (Phi) is 5.47. The summed E-state index contributed by atoms with van der Waals surface area (Å²) in [5, 5.41) is 3.20. The number of hydrogen-bond acceptors (Lipinski definition) is 4. The average Bonchev–Trinajstić information content (AvgIpc) is 3.36. The molecule has 4 rings (SSSR count). The SMILES string of the molecule is CC(C)(C)CCC(=O)NC[C@H]1[C@H]2CN(CCN3CCCC3=O)C[C@]23CC[C@H]1O3. The van der Waals surface area contributed by atoms with Crippen molar-refractivity contribution in [3.8, 4) is 0 Å². The lowest BCUT2D eigenvalue weighted by atomic mass is 9.73. The van der Waals surface area contributed by atoms with Crippen LogP contribution in [-0.4, -0.2) is 72.6 Å². The van der Waals surface area contributed by atoms with Crippen LogP contribution in [0.4, 0.5) is 0 Å². The molecule has 0 radical (unpaired) electrons. The van der Waals surface area contributed by atoms with Gasteiger partial charge in [0.25, 0.3) is 0 Å². The summed E-state index contributed by atoms with van der Waals surface area (Å²) in [6, 6.07) is 0. The highest BCUT2D eigenvalue weighted by atomic mass is 16.5. The van der Waals surface area contributed by atoms with E-state index in [0.717, 1.165) is 65.0 Å². The van der Waals surface area contributed by atoms with Gasteiger partial charge >= 0.3 is 0 Å². The summed E-state index contributed by atoms with van der Waals surface area (Å²) in [5.41, 5.74) is 0.195. The molecule has 4 heterocycles. The van der Waals surface area contributed by atoms with Gasteiger partial charge in [0.2, 0.25) is 11.8 Å². The van der Waals surface area contributed by atoms with Gasteiger partial charge in [0.05, 0.1) is 11.7 Å². The first-order valence-corrected chi connectivity index (χ1v) is 11.2. The van der Waals surface area contributed by atoms with Crippen molar-refractivity contribution in [3.05, 3.63) is 0 Å². The maximum Gasteiger partial charge on any atom is 0.222 e. The Bertz CT molecular complexity index is 617. The molecule has 0 unspecified atom stereocenters. The fourth-order valence-electron chi connectivity index (χ4n) is 5.74. The van der Waals surface area contributed by atoms with E-state index >= 15 is 0 Å². The number of carbonyl (C=O) groups excluding carboxylic acids is 2. The minimum absolute atomic E-state index is 0.000485. The van der Waals surface area contributed by atoms with Crippen molar-refractivity contribution in [2.24, 2.45) is 17.3 Å². The van der Waals surface area contributed by atoms with Gasteiger partial charge in [-0.1, -0.05) is 20.8 Å². The van der Waals surface area contributed by atoms with Crippen LogP contribution in [0.2, 0.25) is 0 Å². The molecule has 2 amide bonds. The Morgan fingerprint density at radius 2 is 2.14 bits per heavy atom. The monoisotopic (exact) mass is 391 g/mol. The van der Waals surface area contributed by atoms with Gasteiger partial charge in [-0.3, -0.25) is 14.5 Å². The highest BCUT2D eigenvalue weighted by Gasteiger charge is 2.62. The van der Waals surface area contributed by atoms with Crippen LogP contribution in [0.1, 0.15) is 59.3 Å². The van der Waals surface area contributed by atoms with Gasteiger partial charge in [-0.25, -0.2) is 0 Å². The molecule has 0 aliphatic carbocycles. The quantitative estimate of drug-likeness (QED) is 0.721. The Morgan fingerprint density at radius 1 is 1.32 bits per heavy atom. The largest absolute Gasteiger partial charge is 0.370 e. The standard InChI is InChI=1S/C22H37N3O3/c1-21(2,3)8-7-19(26)23-13-16-17-14-24(11-12-25-10-4-5-20(25)27)15-22(17)9-6-18(16)28-22/h16-18H,4-15H2,1-3H3,(H,23,26)/t16-,17+,18+,22+/m0/s1. The molecular weight excluding hydrogens is 354 g/mol. The van der Waals surface area contributed by atoms with Gasteiger partial charge in [-0.2, -0.15) is 0 Å². The zero-order valence-electron chi connectivity index (χ0n) is 17.8. The maximum atomic E-state index is 12.3. The molecule has 0 aromatic heterocycles. The third kappa shape index (κ3) is 4.09. The molecule has 4 aliphatic heterocycles. The molecule has 1 N–H and O–H groups in total. The second-order valence-corrected chi connectivity index (χ2v) is 10.6. The van der Waals surface area contributed by atoms with Gasteiger partial charge in [0.1, 0.15) is 0 Å². The van der Waals surface area contributed by atoms with E-state index < -0.39 is 0 Å². The molecule has 6 heteroatoms. The minimum Gasteiger partial charge on any atom is -0.370 e. The second-order valence-electron chi connectivity index (χ2n) is 10.6. The Hall–Kier alpha value is -1.14. The van der Waals surface area contributed by atoms with Crippen LogP contribution in [0, 0.1) is 17.3 Å². The van der Waals surface area contributed by atoms with Crippen molar-refractivity contribution in [3.63, 3.8) is 0 Å². The summed E-state index contributed by atoms with van der Waals surface area (Å²) >= 11 is 0. The van der Waals surface area contributed by atoms with Crippen molar-refractivity contribution < 1.29 is 14.3 Å². The van der Waals surface area contributed by atoms with E-state index in [4.69, 9.17) is 4.74 Å².